The highest BCUT2D eigenvalue weighted by molar-refractivity contribution is 6.30. The van der Waals surface area contributed by atoms with Gasteiger partial charge in [-0.1, -0.05) is 73.5 Å². The molecule has 0 aliphatic heterocycles. The minimum atomic E-state index is -0.808. The number of rotatable bonds is 7. The van der Waals surface area contributed by atoms with Gasteiger partial charge < -0.3 is 0 Å². The van der Waals surface area contributed by atoms with Crippen molar-refractivity contribution in [3.63, 3.8) is 0 Å². The Balaban J connectivity index is 1.46. The third-order valence-electron chi connectivity index (χ3n) is 6.13. The molecule has 178 valence electrons. The van der Waals surface area contributed by atoms with Crippen molar-refractivity contribution in [3.05, 3.63) is 117 Å². The molecular weight excluding hydrogens is 465 g/mol. The van der Waals surface area contributed by atoms with Crippen LogP contribution in [-0.4, -0.2) is 0 Å². The predicted molar refractivity (Wildman–Crippen MR) is 138 cm³/mol. The molecule has 0 amide bonds. The van der Waals surface area contributed by atoms with Crippen molar-refractivity contribution in [3.8, 4) is 11.8 Å². The van der Waals surface area contributed by atoms with Crippen molar-refractivity contribution in [2.24, 2.45) is 0 Å². The summed E-state index contributed by atoms with van der Waals surface area (Å²) in [6.07, 6.45) is 5.37. The maximum atomic E-state index is 15.1. The summed E-state index contributed by atoms with van der Waals surface area (Å²) in [4.78, 5) is 0. The lowest BCUT2D eigenvalue weighted by Gasteiger charge is -2.08. The van der Waals surface area contributed by atoms with Gasteiger partial charge in [-0.3, -0.25) is 0 Å². The summed E-state index contributed by atoms with van der Waals surface area (Å²) in [7, 11) is 0. The van der Waals surface area contributed by atoms with Gasteiger partial charge >= 0.3 is 0 Å². The largest absolute Gasteiger partial charge is 0.206 e. The SMILES string of the molecule is CCCCCc1ccc(C#Cc2ccc3c(F)c(CCc4cc(F)c(Cl)c(F)c4)ccc3c2)cc1. The summed E-state index contributed by atoms with van der Waals surface area (Å²) in [5.41, 5.74) is 4.01. The van der Waals surface area contributed by atoms with Crippen molar-refractivity contribution < 1.29 is 13.2 Å². The van der Waals surface area contributed by atoms with Gasteiger partial charge in [0.05, 0.1) is 0 Å². The van der Waals surface area contributed by atoms with Gasteiger partial charge in [0, 0.05) is 16.5 Å². The second-order valence-corrected chi connectivity index (χ2v) is 9.13. The zero-order chi connectivity index (χ0) is 24.8. The fourth-order valence-corrected chi connectivity index (χ4v) is 4.23. The first-order valence-electron chi connectivity index (χ1n) is 11.9. The lowest BCUT2D eigenvalue weighted by molar-refractivity contribution is 0.579. The van der Waals surface area contributed by atoms with Crippen molar-refractivity contribution in [1.29, 1.82) is 0 Å². The summed E-state index contributed by atoms with van der Waals surface area (Å²) < 4.78 is 42.5. The van der Waals surface area contributed by atoms with E-state index in [4.69, 9.17) is 11.6 Å². The third-order valence-corrected chi connectivity index (χ3v) is 6.50. The van der Waals surface area contributed by atoms with Crippen LogP contribution in [0.2, 0.25) is 5.02 Å². The number of hydrogen-bond donors (Lipinski definition) is 0. The Morgan fingerprint density at radius 3 is 2.09 bits per heavy atom. The van der Waals surface area contributed by atoms with E-state index in [1.54, 1.807) is 12.1 Å². The van der Waals surface area contributed by atoms with E-state index in [9.17, 15) is 8.78 Å². The molecule has 0 bridgehead atoms. The highest BCUT2D eigenvalue weighted by atomic mass is 35.5. The number of halogens is 4. The molecule has 0 aromatic heterocycles. The number of unbranched alkanes of at least 4 members (excludes halogenated alkanes) is 2. The molecule has 0 unspecified atom stereocenters. The van der Waals surface area contributed by atoms with E-state index in [1.165, 1.54) is 37.0 Å². The molecule has 35 heavy (non-hydrogen) atoms. The summed E-state index contributed by atoms with van der Waals surface area (Å²) >= 11 is 5.54. The van der Waals surface area contributed by atoms with Crippen LogP contribution in [0.4, 0.5) is 13.2 Å². The van der Waals surface area contributed by atoms with Gasteiger partial charge in [-0.25, -0.2) is 13.2 Å². The molecule has 0 aliphatic rings. The molecule has 0 N–H and O–H groups in total. The van der Waals surface area contributed by atoms with Crippen molar-refractivity contribution in [2.75, 3.05) is 0 Å². The Morgan fingerprint density at radius 1 is 0.686 bits per heavy atom. The highest BCUT2D eigenvalue weighted by Gasteiger charge is 2.11. The van der Waals surface area contributed by atoms with Gasteiger partial charge in [-0.15, -0.1) is 0 Å². The first-order chi connectivity index (χ1) is 16.9. The molecule has 4 aromatic carbocycles. The molecule has 4 aromatic rings. The Labute approximate surface area is 209 Å². The van der Waals surface area contributed by atoms with Gasteiger partial charge in [0.15, 0.2) is 0 Å². The van der Waals surface area contributed by atoms with Crippen LogP contribution >= 0.6 is 11.6 Å². The molecule has 0 atom stereocenters. The topological polar surface area (TPSA) is 0 Å². The number of fused-ring (bicyclic) bond motifs is 1. The van der Waals surface area contributed by atoms with E-state index in [-0.39, 0.29) is 5.82 Å². The van der Waals surface area contributed by atoms with Crippen LogP contribution in [0, 0.1) is 29.3 Å². The van der Waals surface area contributed by atoms with Crippen LogP contribution in [0.1, 0.15) is 54.0 Å². The van der Waals surface area contributed by atoms with Crippen LogP contribution in [0.3, 0.4) is 0 Å². The Bertz CT molecular complexity index is 1370. The average molecular weight is 491 g/mol. The smallest absolute Gasteiger partial charge is 0.145 e. The van der Waals surface area contributed by atoms with Crippen molar-refractivity contribution in [2.45, 2.75) is 45.4 Å². The summed E-state index contributed by atoms with van der Waals surface area (Å²) in [5.74, 6) is 4.41. The zero-order valence-electron chi connectivity index (χ0n) is 19.6. The van der Waals surface area contributed by atoms with Gasteiger partial charge in [0.1, 0.15) is 22.5 Å². The summed E-state index contributed by atoms with van der Waals surface area (Å²) in [6.45, 7) is 2.20. The van der Waals surface area contributed by atoms with E-state index in [1.807, 2.05) is 30.3 Å². The summed E-state index contributed by atoms with van der Waals surface area (Å²) in [5, 5.41) is 0.731. The molecule has 0 spiro atoms. The second kappa shape index (κ2) is 11.5. The minimum absolute atomic E-state index is 0.300. The van der Waals surface area contributed by atoms with Crippen LogP contribution in [0.25, 0.3) is 10.8 Å². The summed E-state index contributed by atoms with van der Waals surface area (Å²) in [6, 6.07) is 19.7. The maximum Gasteiger partial charge on any atom is 0.145 e. The van der Waals surface area contributed by atoms with Crippen LogP contribution in [0.5, 0.6) is 0 Å². The van der Waals surface area contributed by atoms with E-state index < -0.39 is 16.7 Å². The van der Waals surface area contributed by atoms with E-state index in [2.05, 4.69) is 30.9 Å². The molecule has 0 heterocycles. The van der Waals surface area contributed by atoms with Crippen molar-refractivity contribution >= 4 is 22.4 Å². The molecule has 0 saturated carbocycles. The van der Waals surface area contributed by atoms with Gasteiger partial charge in [0.2, 0.25) is 0 Å². The monoisotopic (exact) mass is 490 g/mol. The van der Waals surface area contributed by atoms with Gasteiger partial charge in [-0.2, -0.15) is 0 Å². The lowest BCUT2D eigenvalue weighted by atomic mass is 9.99. The van der Waals surface area contributed by atoms with Crippen molar-refractivity contribution in [1.82, 2.24) is 0 Å². The van der Waals surface area contributed by atoms with Crippen LogP contribution in [-0.2, 0) is 19.3 Å². The second-order valence-electron chi connectivity index (χ2n) is 8.75. The highest BCUT2D eigenvalue weighted by Crippen LogP contribution is 2.25. The Kier molecular flexibility index (Phi) is 8.16. The quantitative estimate of drug-likeness (QED) is 0.138. The molecule has 0 nitrogen and oxygen atoms in total. The molecule has 4 rings (SSSR count). The fourth-order valence-electron chi connectivity index (χ4n) is 4.12. The number of benzene rings is 4. The molecular formula is C31H26ClF3. The molecule has 0 aliphatic carbocycles. The Hall–Kier alpha value is -3.22. The van der Waals surface area contributed by atoms with E-state index >= 15 is 4.39 Å². The van der Waals surface area contributed by atoms with Crippen LogP contribution in [0.15, 0.2) is 66.7 Å². The maximum absolute atomic E-state index is 15.1. The minimum Gasteiger partial charge on any atom is -0.206 e. The predicted octanol–water partition coefficient (Wildman–Crippen LogP) is 8.83. The van der Waals surface area contributed by atoms with Gasteiger partial charge in [-0.05, 0) is 84.2 Å². The van der Waals surface area contributed by atoms with Crippen LogP contribution < -0.4 is 0 Å². The standard InChI is InChI=1S/C31H26ClF3/c1-2-3-4-5-21-6-8-22(9-7-21)10-11-23-13-17-27-26(18-23)16-15-25(31(27)35)14-12-24-19-28(33)30(32)29(34)20-24/h6-9,13,15-20H,2-5,12,14H2,1H3. The first kappa shape index (κ1) is 24.9. The molecule has 0 saturated heterocycles. The van der Waals surface area contributed by atoms with E-state index in [0.717, 1.165) is 22.9 Å². The van der Waals surface area contributed by atoms with E-state index in [0.29, 0.717) is 29.4 Å². The fraction of sp³-hybridized carbons (Fsp3) is 0.226. The Morgan fingerprint density at radius 2 is 1.37 bits per heavy atom. The molecule has 4 heteroatoms. The average Bonchev–Trinajstić information content (AvgIpc) is 2.86. The van der Waals surface area contributed by atoms with Gasteiger partial charge in [0.25, 0.3) is 0 Å². The third kappa shape index (κ3) is 6.27. The number of hydrogen-bond acceptors (Lipinski definition) is 0. The molecule has 0 fully saturated rings. The first-order valence-corrected chi connectivity index (χ1v) is 12.3. The lowest BCUT2D eigenvalue weighted by Crippen LogP contribution is -1.98. The normalized spacial score (nSPS) is 10.9. The zero-order valence-corrected chi connectivity index (χ0v) is 20.4. The number of aryl methyl sites for hydroxylation is 3. The molecule has 0 radical (unpaired) electrons.